The first-order valence-corrected chi connectivity index (χ1v) is 11.1. The molecule has 0 amide bonds. The Morgan fingerprint density at radius 3 is 2.25 bits per heavy atom. The van der Waals surface area contributed by atoms with Crippen molar-refractivity contribution >= 4 is 16.6 Å². The molecule has 1 aromatic heterocycles. The molecule has 170 valence electrons. The third-order valence-electron chi connectivity index (χ3n) is 6.29. The highest BCUT2D eigenvalue weighted by Gasteiger charge is 2.31. The Morgan fingerprint density at radius 1 is 1.03 bits per heavy atom. The van der Waals surface area contributed by atoms with E-state index in [9.17, 15) is 4.79 Å². The van der Waals surface area contributed by atoms with E-state index in [-0.39, 0.29) is 5.56 Å². The second-order valence-corrected chi connectivity index (χ2v) is 8.83. The van der Waals surface area contributed by atoms with Crippen LogP contribution in [0.5, 0.6) is 11.5 Å². The molecule has 0 aliphatic carbocycles. The third-order valence-corrected chi connectivity index (χ3v) is 6.29. The highest BCUT2D eigenvalue weighted by atomic mass is 16.5. The van der Waals surface area contributed by atoms with Crippen LogP contribution in [-0.4, -0.2) is 60.3 Å². The van der Waals surface area contributed by atoms with Crippen molar-refractivity contribution in [2.75, 3.05) is 32.2 Å². The molecule has 0 saturated carbocycles. The lowest BCUT2D eigenvalue weighted by Gasteiger charge is -2.47. The molecular weight excluding hydrogens is 404 g/mol. The molecule has 1 N–H and O–H groups in total. The van der Waals surface area contributed by atoms with Crippen molar-refractivity contribution in [3.05, 3.63) is 46.8 Å². The first kappa shape index (κ1) is 22.1. The summed E-state index contributed by atoms with van der Waals surface area (Å²) in [5, 5.41) is 0.416. The van der Waals surface area contributed by atoms with Gasteiger partial charge in [-0.1, -0.05) is 0 Å². The summed E-state index contributed by atoms with van der Waals surface area (Å²) in [5.74, 6) is 1.56. The SMILES string of the molecule is COc1cc(OC)c2c(=O)[nH]c(-c3ccc(N4CC(C)N(C(C)C)C(C)C4)cc3)nc2c1. The van der Waals surface area contributed by atoms with Crippen LogP contribution in [-0.2, 0) is 0 Å². The van der Waals surface area contributed by atoms with E-state index in [4.69, 9.17) is 9.47 Å². The van der Waals surface area contributed by atoms with Crippen molar-refractivity contribution in [3.8, 4) is 22.9 Å². The zero-order chi connectivity index (χ0) is 23.0. The van der Waals surface area contributed by atoms with Gasteiger partial charge in [-0.15, -0.1) is 0 Å². The lowest BCUT2D eigenvalue weighted by molar-refractivity contribution is 0.0954. The number of methoxy groups -OCH3 is 2. The second kappa shape index (κ2) is 8.82. The molecule has 32 heavy (non-hydrogen) atoms. The number of fused-ring (bicyclic) bond motifs is 1. The van der Waals surface area contributed by atoms with E-state index in [2.05, 4.69) is 59.6 Å². The average molecular weight is 437 g/mol. The molecule has 4 rings (SSSR count). The van der Waals surface area contributed by atoms with E-state index in [0.29, 0.717) is 46.4 Å². The Balaban J connectivity index is 1.64. The van der Waals surface area contributed by atoms with Crippen LogP contribution >= 0.6 is 0 Å². The Kier molecular flexibility index (Phi) is 6.11. The van der Waals surface area contributed by atoms with Crippen LogP contribution in [0.4, 0.5) is 5.69 Å². The van der Waals surface area contributed by atoms with E-state index in [1.807, 2.05) is 12.1 Å². The van der Waals surface area contributed by atoms with Gasteiger partial charge in [0, 0.05) is 54.6 Å². The van der Waals surface area contributed by atoms with Crippen molar-refractivity contribution in [1.29, 1.82) is 0 Å². The van der Waals surface area contributed by atoms with Gasteiger partial charge in [-0.3, -0.25) is 9.69 Å². The summed E-state index contributed by atoms with van der Waals surface area (Å²) >= 11 is 0. The van der Waals surface area contributed by atoms with E-state index in [0.717, 1.165) is 18.7 Å². The first-order valence-electron chi connectivity index (χ1n) is 11.1. The molecule has 1 aliphatic heterocycles. The van der Waals surface area contributed by atoms with Crippen LogP contribution < -0.4 is 19.9 Å². The van der Waals surface area contributed by atoms with Crippen LogP contribution in [0.2, 0.25) is 0 Å². The molecule has 7 nitrogen and oxygen atoms in total. The molecule has 0 bridgehead atoms. The Hall–Kier alpha value is -3.06. The Bertz CT molecular complexity index is 1140. The summed E-state index contributed by atoms with van der Waals surface area (Å²) in [7, 11) is 3.11. The molecule has 3 aromatic rings. The molecule has 0 spiro atoms. The molecule has 2 atom stereocenters. The lowest BCUT2D eigenvalue weighted by atomic mass is 10.0. The van der Waals surface area contributed by atoms with Gasteiger partial charge < -0.3 is 19.4 Å². The van der Waals surface area contributed by atoms with E-state index >= 15 is 0 Å². The predicted molar refractivity (Wildman–Crippen MR) is 129 cm³/mol. The quantitative estimate of drug-likeness (QED) is 0.654. The number of rotatable bonds is 5. The number of hydrogen-bond donors (Lipinski definition) is 1. The van der Waals surface area contributed by atoms with Gasteiger partial charge in [0.1, 0.15) is 22.7 Å². The minimum Gasteiger partial charge on any atom is -0.497 e. The van der Waals surface area contributed by atoms with E-state index < -0.39 is 0 Å². The normalized spacial score (nSPS) is 19.5. The highest BCUT2D eigenvalue weighted by Crippen LogP contribution is 2.30. The number of hydrogen-bond acceptors (Lipinski definition) is 6. The van der Waals surface area contributed by atoms with Crippen LogP contribution in [0.3, 0.4) is 0 Å². The minimum absolute atomic E-state index is 0.235. The summed E-state index contributed by atoms with van der Waals surface area (Å²) < 4.78 is 10.7. The Labute approximate surface area is 189 Å². The number of aromatic amines is 1. The van der Waals surface area contributed by atoms with Gasteiger partial charge in [-0.2, -0.15) is 0 Å². The van der Waals surface area contributed by atoms with Gasteiger partial charge in [0.2, 0.25) is 0 Å². The molecule has 7 heteroatoms. The van der Waals surface area contributed by atoms with E-state index in [1.165, 1.54) is 12.8 Å². The maximum absolute atomic E-state index is 12.8. The van der Waals surface area contributed by atoms with Gasteiger partial charge in [0.05, 0.1) is 19.7 Å². The highest BCUT2D eigenvalue weighted by molar-refractivity contribution is 5.87. The number of benzene rings is 2. The number of anilines is 1. The van der Waals surface area contributed by atoms with Crippen molar-refractivity contribution in [3.63, 3.8) is 0 Å². The van der Waals surface area contributed by atoms with Crippen molar-refractivity contribution in [1.82, 2.24) is 14.9 Å². The standard InChI is InChI=1S/C25H32N4O3/c1-15(2)29-16(3)13-28(14-17(29)4)19-9-7-18(8-10-19)24-26-21-11-20(31-5)12-22(32-6)23(21)25(30)27-24/h7-12,15-17H,13-14H2,1-6H3,(H,26,27,30). The number of H-pyrrole nitrogens is 1. The third kappa shape index (κ3) is 4.05. The second-order valence-electron chi connectivity index (χ2n) is 8.83. The summed E-state index contributed by atoms with van der Waals surface area (Å²) in [6, 6.07) is 13.2. The molecule has 1 fully saturated rings. The fourth-order valence-electron chi connectivity index (χ4n) is 5.02. The lowest BCUT2D eigenvalue weighted by Crippen LogP contribution is -2.58. The molecule has 1 aliphatic rings. The summed E-state index contributed by atoms with van der Waals surface area (Å²) in [6.07, 6.45) is 0. The number of nitrogens with one attached hydrogen (secondary N) is 1. The summed E-state index contributed by atoms with van der Waals surface area (Å²) in [6.45, 7) is 11.1. The average Bonchev–Trinajstić information content (AvgIpc) is 2.77. The summed E-state index contributed by atoms with van der Waals surface area (Å²) in [5.41, 5.74) is 2.34. The number of nitrogens with zero attached hydrogens (tertiary/aromatic N) is 3. The minimum atomic E-state index is -0.235. The van der Waals surface area contributed by atoms with Crippen LogP contribution in [0.1, 0.15) is 27.7 Å². The molecule has 0 radical (unpaired) electrons. The van der Waals surface area contributed by atoms with Crippen molar-refractivity contribution < 1.29 is 9.47 Å². The number of ether oxygens (including phenoxy) is 2. The fraction of sp³-hybridized carbons (Fsp3) is 0.440. The maximum Gasteiger partial charge on any atom is 0.262 e. The predicted octanol–water partition coefficient (Wildman–Crippen LogP) is 3.91. The smallest absolute Gasteiger partial charge is 0.262 e. The molecule has 2 unspecified atom stereocenters. The van der Waals surface area contributed by atoms with E-state index in [1.54, 1.807) is 19.2 Å². The van der Waals surface area contributed by atoms with Gasteiger partial charge in [0.25, 0.3) is 5.56 Å². The summed E-state index contributed by atoms with van der Waals surface area (Å²) in [4.78, 5) is 25.4. The van der Waals surface area contributed by atoms with Crippen LogP contribution in [0, 0.1) is 0 Å². The van der Waals surface area contributed by atoms with Gasteiger partial charge in [-0.05, 0) is 52.0 Å². The van der Waals surface area contributed by atoms with Crippen molar-refractivity contribution in [2.45, 2.75) is 45.8 Å². The fourth-order valence-corrected chi connectivity index (χ4v) is 5.02. The molecule has 1 saturated heterocycles. The van der Waals surface area contributed by atoms with Gasteiger partial charge in [-0.25, -0.2) is 4.98 Å². The largest absolute Gasteiger partial charge is 0.497 e. The van der Waals surface area contributed by atoms with Crippen LogP contribution in [0.25, 0.3) is 22.3 Å². The van der Waals surface area contributed by atoms with Crippen LogP contribution in [0.15, 0.2) is 41.2 Å². The number of piperazine rings is 1. The zero-order valence-corrected chi connectivity index (χ0v) is 19.7. The monoisotopic (exact) mass is 436 g/mol. The first-order chi connectivity index (χ1) is 15.3. The van der Waals surface area contributed by atoms with Gasteiger partial charge >= 0.3 is 0 Å². The number of aromatic nitrogens is 2. The molecular formula is C25H32N4O3. The maximum atomic E-state index is 12.8. The molecule has 2 heterocycles. The molecule has 2 aromatic carbocycles. The Morgan fingerprint density at radius 2 is 1.69 bits per heavy atom. The topological polar surface area (TPSA) is 70.7 Å². The van der Waals surface area contributed by atoms with Crippen molar-refractivity contribution in [2.24, 2.45) is 0 Å². The van der Waals surface area contributed by atoms with Gasteiger partial charge in [0.15, 0.2) is 0 Å². The zero-order valence-electron chi connectivity index (χ0n) is 19.7.